The summed E-state index contributed by atoms with van der Waals surface area (Å²) in [5.74, 6) is -8.00. The van der Waals surface area contributed by atoms with Gasteiger partial charge in [-0.1, -0.05) is 12.1 Å². The molecule has 0 radical (unpaired) electrons. The standard InChI is InChI=1S/C23H33N7O10/c24-13(8-11-3-5-12(31)6-4-11)19(36)28-14(2-1-7-27-23(25)26)20(37)29-15(9-17(32)33)21(38)30-16(22(39)40)10-18(34)35/h3-6,13-16,31H,1-2,7-10,24H2,(H,28,36)(H,29,37)(H,30,38)(H,32,33)(H,34,35)(H,39,40)(H4,25,26,27). The maximum Gasteiger partial charge on any atom is 0.326 e. The summed E-state index contributed by atoms with van der Waals surface area (Å²) in [6, 6.07) is -0.293. The summed E-state index contributed by atoms with van der Waals surface area (Å²) in [6.07, 6.45) is -1.85. The molecule has 0 saturated heterocycles. The Kier molecular flexibility index (Phi) is 13.3. The van der Waals surface area contributed by atoms with E-state index in [0.29, 0.717) is 5.56 Å². The van der Waals surface area contributed by atoms with E-state index in [9.17, 15) is 39.0 Å². The van der Waals surface area contributed by atoms with Crippen molar-refractivity contribution in [3.63, 3.8) is 0 Å². The van der Waals surface area contributed by atoms with E-state index in [1.165, 1.54) is 12.1 Å². The highest BCUT2D eigenvalue weighted by molar-refractivity contribution is 5.96. The lowest BCUT2D eigenvalue weighted by atomic mass is 10.0. The second-order valence-electron chi connectivity index (χ2n) is 8.64. The SMILES string of the molecule is NC(N)=NCCCC(NC(=O)C(N)Cc1ccc(O)cc1)C(=O)NC(CC(=O)O)C(=O)NC(CC(=O)O)C(=O)O. The van der Waals surface area contributed by atoms with Crippen LogP contribution in [0.5, 0.6) is 5.75 Å². The smallest absolute Gasteiger partial charge is 0.326 e. The van der Waals surface area contributed by atoms with Gasteiger partial charge in [0.05, 0.1) is 18.9 Å². The third-order valence-electron chi connectivity index (χ3n) is 5.31. The Morgan fingerprint density at radius 2 is 1.27 bits per heavy atom. The number of carboxylic acid groups (broad SMARTS) is 3. The first-order chi connectivity index (χ1) is 18.7. The second kappa shape index (κ2) is 16.1. The zero-order valence-corrected chi connectivity index (χ0v) is 21.3. The van der Waals surface area contributed by atoms with Crippen molar-refractivity contribution in [2.75, 3.05) is 6.54 Å². The number of aliphatic imine (C=N–C) groups is 1. The number of nitrogens with zero attached hydrogens (tertiary/aromatic N) is 1. The van der Waals surface area contributed by atoms with Crippen molar-refractivity contribution in [3.8, 4) is 5.75 Å². The fourth-order valence-corrected chi connectivity index (χ4v) is 3.33. The predicted molar refractivity (Wildman–Crippen MR) is 138 cm³/mol. The number of benzene rings is 1. The maximum absolute atomic E-state index is 13.1. The van der Waals surface area contributed by atoms with Gasteiger partial charge in [0.2, 0.25) is 17.7 Å². The third kappa shape index (κ3) is 12.5. The third-order valence-corrected chi connectivity index (χ3v) is 5.31. The Labute approximate surface area is 227 Å². The highest BCUT2D eigenvalue weighted by atomic mass is 16.4. The summed E-state index contributed by atoms with van der Waals surface area (Å²) in [7, 11) is 0. The van der Waals surface area contributed by atoms with Gasteiger partial charge in [0.15, 0.2) is 5.96 Å². The average Bonchev–Trinajstić information content (AvgIpc) is 2.85. The average molecular weight is 568 g/mol. The van der Waals surface area contributed by atoms with Crippen LogP contribution in [0.4, 0.5) is 0 Å². The molecule has 1 aromatic carbocycles. The fourth-order valence-electron chi connectivity index (χ4n) is 3.33. The zero-order valence-electron chi connectivity index (χ0n) is 21.3. The van der Waals surface area contributed by atoms with E-state index in [4.69, 9.17) is 27.4 Å². The normalized spacial score (nSPS) is 13.5. The summed E-state index contributed by atoms with van der Waals surface area (Å²) in [6.45, 7) is 0.0655. The van der Waals surface area contributed by atoms with E-state index in [1.54, 1.807) is 12.1 Å². The number of carboxylic acids is 3. The first-order valence-corrected chi connectivity index (χ1v) is 11.9. The summed E-state index contributed by atoms with van der Waals surface area (Å²) in [5.41, 5.74) is 17.1. The number of hydrogen-bond acceptors (Lipinski definition) is 9. The van der Waals surface area contributed by atoms with E-state index in [-0.39, 0.29) is 37.5 Å². The maximum atomic E-state index is 13.1. The molecule has 0 aliphatic heterocycles. The van der Waals surface area contributed by atoms with Crippen LogP contribution in [0.1, 0.15) is 31.2 Å². The number of phenols is 1. The largest absolute Gasteiger partial charge is 0.508 e. The van der Waals surface area contributed by atoms with Crippen LogP contribution in [0.15, 0.2) is 29.3 Å². The fraction of sp³-hybridized carbons (Fsp3) is 0.435. The molecule has 40 heavy (non-hydrogen) atoms. The molecule has 220 valence electrons. The molecule has 0 aliphatic carbocycles. The molecule has 0 fully saturated rings. The van der Waals surface area contributed by atoms with Crippen molar-refractivity contribution in [2.45, 2.75) is 56.3 Å². The molecular formula is C23H33N7O10. The van der Waals surface area contributed by atoms with Gasteiger partial charge in [-0.2, -0.15) is 0 Å². The Morgan fingerprint density at radius 1 is 0.775 bits per heavy atom. The van der Waals surface area contributed by atoms with Gasteiger partial charge in [0.25, 0.3) is 0 Å². The Hall–Kier alpha value is -4.93. The van der Waals surface area contributed by atoms with Crippen LogP contribution in [-0.2, 0) is 35.2 Å². The van der Waals surface area contributed by atoms with Gasteiger partial charge in [-0.15, -0.1) is 0 Å². The molecule has 17 nitrogen and oxygen atoms in total. The van der Waals surface area contributed by atoms with Gasteiger partial charge in [-0.05, 0) is 37.0 Å². The van der Waals surface area contributed by atoms with Gasteiger partial charge in [0, 0.05) is 6.54 Å². The van der Waals surface area contributed by atoms with Crippen LogP contribution >= 0.6 is 0 Å². The molecule has 0 aliphatic rings. The van der Waals surface area contributed by atoms with Crippen molar-refractivity contribution < 1.29 is 49.2 Å². The monoisotopic (exact) mass is 567 g/mol. The van der Waals surface area contributed by atoms with E-state index >= 15 is 0 Å². The second-order valence-corrected chi connectivity index (χ2v) is 8.64. The number of rotatable bonds is 17. The molecule has 4 unspecified atom stereocenters. The first-order valence-electron chi connectivity index (χ1n) is 11.9. The highest BCUT2D eigenvalue weighted by Gasteiger charge is 2.32. The number of carbonyl (C=O) groups is 6. The summed E-state index contributed by atoms with van der Waals surface area (Å²) in [5, 5.41) is 43.1. The van der Waals surface area contributed by atoms with E-state index < -0.39 is 72.6 Å². The lowest BCUT2D eigenvalue weighted by Gasteiger charge is -2.24. The minimum Gasteiger partial charge on any atom is -0.508 e. The van der Waals surface area contributed by atoms with Crippen LogP contribution in [0, 0.1) is 0 Å². The Balaban J connectivity index is 3.06. The number of phenolic OH excluding ortho intramolecular Hbond substituents is 1. The zero-order chi connectivity index (χ0) is 30.4. The van der Waals surface area contributed by atoms with Crippen molar-refractivity contribution >= 4 is 41.6 Å². The van der Waals surface area contributed by atoms with Crippen LogP contribution in [0.3, 0.4) is 0 Å². The molecule has 1 rings (SSSR count). The lowest BCUT2D eigenvalue weighted by molar-refractivity contribution is -0.148. The minimum absolute atomic E-state index is 0.0110. The number of nitrogens with one attached hydrogen (secondary N) is 3. The van der Waals surface area contributed by atoms with Crippen molar-refractivity contribution in [3.05, 3.63) is 29.8 Å². The molecule has 17 heteroatoms. The van der Waals surface area contributed by atoms with E-state index in [1.807, 2.05) is 5.32 Å². The summed E-state index contributed by atoms with van der Waals surface area (Å²) < 4.78 is 0. The van der Waals surface area contributed by atoms with Crippen LogP contribution < -0.4 is 33.2 Å². The Morgan fingerprint density at radius 3 is 1.80 bits per heavy atom. The minimum atomic E-state index is -1.90. The lowest BCUT2D eigenvalue weighted by Crippen LogP contribution is -2.57. The number of nitrogens with two attached hydrogens (primary N) is 3. The first kappa shape index (κ1) is 33.1. The highest BCUT2D eigenvalue weighted by Crippen LogP contribution is 2.11. The van der Waals surface area contributed by atoms with Crippen LogP contribution in [0.2, 0.25) is 0 Å². The molecule has 1 aromatic rings. The van der Waals surface area contributed by atoms with E-state index in [2.05, 4.69) is 15.6 Å². The molecule has 0 bridgehead atoms. The number of guanidine groups is 1. The predicted octanol–water partition coefficient (Wildman–Crippen LogP) is -3.20. The molecule has 0 aromatic heterocycles. The number of amides is 3. The summed E-state index contributed by atoms with van der Waals surface area (Å²) >= 11 is 0. The van der Waals surface area contributed by atoms with Crippen LogP contribution in [-0.4, -0.2) is 92.7 Å². The number of hydrogen-bond donors (Lipinski definition) is 10. The topological polar surface area (TPSA) is 310 Å². The molecule has 0 spiro atoms. The van der Waals surface area contributed by atoms with Gasteiger partial charge in [0.1, 0.15) is 23.9 Å². The quantitative estimate of drug-likeness (QED) is 0.0504. The van der Waals surface area contributed by atoms with Gasteiger partial charge in [-0.3, -0.25) is 29.0 Å². The van der Waals surface area contributed by atoms with Gasteiger partial charge < -0.3 is 53.6 Å². The number of aromatic hydroxyl groups is 1. The molecule has 3 amide bonds. The van der Waals surface area contributed by atoms with Crippen molar-refractivity contribution in [1.29, 1.82) is 0 Å². The summed E-state index contributed by atoms with van der Waals surface area (Å²) in [4.78, 5) is 75.7. The van der Waals surface area contributed by atoms with Gasteiger partial charge in [-0.25, -0.2) is 4.79 Å². The molecule has 13 N–H and O–H groups in total. The van der Waals surface area contributed by atoms with Gasteiger partial charge >= 0.3 is 17.9 Å². The molecule has 0 saturated carbocycles. The Bertz CT molecular complexity index is 1110. The molecular weight excluding hydrogens is 534 g/mol. The molecule has 0 heterocycles. The van der Waals surface area contributed by atoms with Crippen molar-refractivity contribution in [1.82, 2.24) is 16.0 Å². The van der Waals surface area contributed by atoms with Crippen molar-refractivity contribution in [2.24, 2.45) is 22.2 Å². The number of aliphatic carboxylic acids is 3. The molecule has 4 atom stereocenters. The van der Waals surface area contributed by atoms with Crippen LogP contribution in [0.25, 0.3) is 0 Å². The number of carbonyl (C=O) groups excluding carboxylic acids is 3. The van der Waals surface area contributed by atoms with E-state index in [0.717, 1.165) is 0 Å².